The number of alkyl halides is 4. The first-order valence-corrected chi connectivity index (χ1v) is 15.7. The number of nitrogens with zero attached hydrogens (tertiary/aromatic N) is 5. The van der Waals surface area contributed by atoms with E-state index in [-0.39, 0.29) is 66.1 Å². The minimum atomic E-state index is -4.86. The Morgan fingerprint density at radius 2 is 1.98 bits per heavy atom. The summed E-state index contributed by atoms with van der Waals surface area (Å²) in [6.45, 7) is 3.20. The molecular formula is C32H34F7N7O. The lowest BCUT2D eigenvalue weighted by molar-refractivity contribution is -0.137. The number of hydrogen-bond donors (Lipinski definition) is 2. The zero-order valence-electron chi connectivity index (χ0n) is 25.6. The van der Waals surface area contributed by atoms with Crippen LogP contribution in [0.1, 0.15) is 43.2 Å². The van der Waals surface area contributed by atoms with Crippen molar-refractivity contribution in [3.05, 3.63) is 47.3 Å². The molecule has 47 heavy (non-hydrogen) atoms. The van der Waals surface area contributed by atoms with Crippen molar-refractivity contribution in [2.24, 2.45) is 5.92 Å². The number of ether oxygens (including phenoxy) is 1. The third-order valence-corrected chi connectivity index (χ3v) is 10.1. The van der Waals surface area contributed by atoms with Crippen molar-refractivity contribution in [3.8, 4) is 17.3 Å². The predicted octanol–water partition coefficient (Wildman–Crippen LogP) is 6.03. The second kappa shape index (κ2) is 11.5. The van der Waals surface area contributed by atoms with Gasteiger partial charge in [0.15, 0.2) is 5.82 Å². The molecule has 5 aliphatic rings. The maximum absolute atomic E-state index is 16.6. The van der Waals surface area contributed by atoms with Gasteiger partial charge in [-0.15, -0.1) is 0 Å². The van der Waals surface area contributed by atoms with Crippen LogP contribution in [0.25, 0.3) is 22.2 Å². The van der Waals surface area contributed by atoms with Crippen LogP contribution in [0.5, 0.6) is 6.01 Å². The number of halogens is 7. The van der Waals surface area contributed by atoms with Crippen molar-refractivity contribution in [2.75, 3.05) is 50.0 Å². The third-order valence-electron chi connectivity index (χ3n) is 10.1. The zero-order chi connectivity index (χ0) is 33.3. The second-order valence-corrected chi connectivity index (χ2v) is 13.4. The number of aryl methyl sites for hydroxylation is 1. The van der Waals surface area contributed by atoms with Crippen LogP contribution < -0.4 is 20.7 Å². The molecule has 3 aromatic rings. The number of hydrogen-bond acceptors (Lipinski definition) is 8. The topological polar surface area (TPSA) is 92.4 Å². The number of pyridine rings is 1. The highest BCUT2D eigenvalue weighted by atomic mass is 19.4. The highest BCUT2D eigenvalue weighted by molar-refractivity contribution is 5.93. The lowest BCUT2D eigenvalue weighted by atomic mass is 9.86. The summed E-state index contributed by atoms with van der Waals surface area (Å²) in [7, 11) is 0. The summed E-state index contributed by atoms with van der Waals surface area (Å²) in [6, 6.07) is 3.41. The molecule has 8 nitrogen and oxygen atoms in total. The Balaban J connectivity index is 1.37. The molecule has 2 aromatic heterocycles. The lowest BCUT2D eigenvalue weighted by Crippen LogP contribution is -2.52. The van der Waals surface area contributed by atoms with Gasteiger partial charge in [-0.1, -0.05) is 0 Å². The number of nitrogens with two attached hydrogens (primary N) is 1. The van der Waals surface area contributed by atoms with E-state index in [2.05, 4.69) is 20.3 Å². The Kier molecular flexibility index (Phi) is 7.77. The summed E-state index contributed by atoms with van der Waals surface area (Å²) in [5, 5.41) is 3.40. The number of rotatable bonds is 6. The van der Waals surface area contributed by atoms with Gasteiger partial charge in [-0.2, -0.15) is 31.9 Å². The Hall–Kier alpha value is -3.72. The number of nitrogen functional groups attached to an aromatic ring is 1. The molecule has 0 saturated carbocycles. The molecule has 15 heteroatoms. The van der Waals surface area contributed by atoms with E-state index >= 15 is 4.39 Å². The number of aromatic nitrogens is 3. The van der Waals surface area contributed by atoms with Gasteiger partial charge >= 0.3 is 12.2 Å². The van der Waals surface area contributed by atoms with Gasteiger partial charge in [0.25, 0.3) is 6.08 Å². The quantitative estimate of drug-likeness (QED) is 0.309. The molecule has 0 radical (unpaired) electrons. The van der Waals surface area contributed by atoms with E-state index in [4.69, 9.17) is 10.5 Å². The normalized spacial score (nSPS) is 27.7. The first kappa shape index (κ1) is 31.9. The van der Waals surface area contributed by atoms with Crippen molar-refractivity contribution >= 4 is 22.5 Å². The SMILES string of the molecule is Cc1cc(N)nc(-c2ccc3c(N4C[C@H]5CC[C@](C=C(F)F)(C4)NC5)nc(OC[C@@]45CCCN4C[C@H](F)C5)nc3c2F)c1C(F)(F)F. The van der Waals surface area contributed by atoms with E-state index in [1.54, 1.807) is 4.90 Å². The predicted molar refractivity (Wildman–Crippen MR) is 161 cm³/mol. The summed E-state index contributed by atoms with van der Waals surface area (Å²) < 4.78 is 107. The van der Waals surface area contributed by atoms with Gasteiger partial charge in [0, 0.05) is 49.6 Å². The van der Waals surface area contributed by atoms with Crippen LogP contribution in [0.15, 0.2) is 30.4 Å². The molecule has 3 N–H and O–H groups in total. The molecule has 0 amide bonds. The van der Waals surface area contributed by atoms with Crippen LogP contribution in [-0.2, 0) is 6.18 Å². The highest BCUT2D eigenvalue weighted by Gasteiger charge is 2.49. The summed E-state index contributed by atoms with van der Waals surface area (Å²) in [5.74, 6) is -1.04. The van der Waals surface area contributed by atoms with Gasteiger partial charge < -0.3 is 20.7 Å². The molecule has 0 spiro atoms. The maximum Gasteiger partial charge on any atom is 0.418 e. The van der Waals surface area contributed by atoms with Crippen molar-refractivity contribution < 1.29 is 35.5 Å². The van der Waals surface area contributed by atoms with Crippen LogP contribution in [0.3, 0.4) is 0 Å². The van der Waals surface area contributed by atoms with Gasteiger partial charge in [0.2, 0.25) is 0 Å². The van der Waals surface area contributed by atoms with Crippen LogP contribution >= 0.6 is 0 Å². The second-order valence-electron chi connectivity index (χ2n) is 13.4. The number of piperidine rings is 1. The minimum Gasteiger partial charge on any atom is -0.461 e. The summed E-state index contributed by atoms with van der Waals surface area (Å²) >= 11 is 0. The smallest absolute Gasteiger partial charge is 0.418 e. The number of fused-ring (bicyclic) bond motifs is 6. The summed E-state index contributed by atoms with van der Waals surface area (Å²) in [6.07, 6.45) is -3.90. The molecule has 7 heterocycles. The zero-order valence-corrected chi connectivity index (χ0v) is 25.6. The Bertz CT molecular complexity index is 1740. The molecule has 5 aliphatic heterocycles. The van der Waals surface area contributed by atoms with Crippen molar-refractivity contribution in [3.63, 3.8) is 0 Å². The largest absolute Gasteiger partial charge is 0.461 e. The summed E-state index contributed by atoms with van der Waals surface area (Å²) in [5.41, 5.74) is 1.34. The molecule has 1 aromatic carbocycles. The first-order chi connectivity index (χ1) is 22.3. The van der Waals surface area contributed by atoms with Crippen LogP contribution in [-0.4, -0.2) is 76.4 Å². The fourth-order valence-electron chi connectivity index (χ4n) is 8.06. The Labute approximate surface area is 266 Å². The Morgan fingerprint density at radius 3 is 2.70 bits per heavy atom. The molecule has 252 valence electrons. The van der Waals surface area contributed by atoms with Gasteiger partial charge in [0.1, 0.15) is 29.9 Å². The van der Waals surface area contributed by atoms with E-state index in [9.17, 15) is 26.3 Å². The standard InChI is InChI=1S/C32H34F7N7O/c1-17-9-23(40)42-26(24(17)32(37,38)39)20-3-4-21-27(25(20)36)43-29(47-16-31-6-2-8-46(31)14-19(33)10-31)44-28(21)45-13-18-5-7-30(15-45,41-12-18)11-22(34)35/h3-4,9,11,18-19,41H,2,5-8,10,12-16H2,1H3,(H2,40,42)/t18-,19+,30-,31-/m0/s1. The number of anilines is 2. The maximum atomic E-state index is 16.6. The molecule has 2 bridgehead atoms. The molecule has 5 fully saturated rings. The van der Waals surface area contributed by atoms with E-state index in [0.29, 0.717) is 38.9 Å². The van der Waals surface area contributed by atoms with Crippen LogP contribution in [0.2, 0.25) is 0 Å². The van der Waals surface area contributed by atoms with Crippen molar-refractivity contribution in [2.45, 2.75) is 62.5 Å². The summed E-state index contributed by atoms with van der Waals surface area (Å²) in [4.78, 5) is 16.7. The minimum absolute atomic E-state index is 0.0256. The molecule has 0 aliphatic carbocycles. The first-order valence-electron chi connectivity index (χ1n) is 15.7. The lowest BCUT2D eigenvalue weighted by Gasteiger charge is -2.35. The fraction of sp³-hybridized carbons (Fsp3) is 0.531. The Morgan fingerprint density at radius 1 is 1.17 bits per heavy atom. The average molecular weight is 666 g/mol. The van der Waals surface area contributed by atoms with Gasteiger partial charge in [0.05, 0.1) is 22.3 Å². The number of nitrogens with one attached hydrogen (secondary N) is 1. The third kappa shape index (κ3) is 5.74. The van der Waals surface area contributed by atoms with Gasteiger partial charge in [-0.25, -0.2) is 13.8 Å². The van der Waals surface area contributed by atoms with E-state index in [0.717, 1.165) is 18.6 Å². The van der Waals surface area contributed by atoms with Crippen LogP contribution in [0, 0.1) is 18.7 Å². The van der Waals surface area contributed by atoms with Crippen molar-refractivity contribution in [1.82, 2.24) is 25.2 Å². The average Bonchev–Trinajstić information content (AvgIpc) is 3.37. The molecule has 8 rings (SSSR count). The van der Waals surface area contributed by atoms with Gasteiger partial charge in [-0.3, -0.25) is 4.90 Å². The monoisotopic (exact) mass is 665 g/mol. The van der Waals surface area contributed by atoms with E-state index in [1.807, 2.05) is 4.90 Å². The number of benzene rings is 1. The van der Waals surface area contributed by atoms with E-state index in [1.165, 1.54) is 19.1 Å². The van der Waals surface area contributed by atoms with Crippen molar-refractivity contribution in [1.29, 1.82) is 0 Å². The van der Waals surface area contributed by atoms with Gasteiger partial charge in [-0.05, 0) is 68.8 Å². The molecule has 5 saturated heterocycles. The highest BCUT2D eigenvalue weighted by Crippen LogP contribution is 2.44. The van der Waals surface area contributed by atoms with E-state index < -0.39 is 52.1 Å². The fourth-order valence-corrected chi connectivity index (χ4v) is 8.06. The molecule has 0 unspecified atom stereocenters. The molecule has 4 atom stereocenters. The van der Waals surface area contributed by atoms with Crippen LogP contribution in [0.4, 0.5) is 42.4 Å². The molecular weight excluding hydrogens is 631 g/mol.